The van der Waals surface area contributed by atoms with E-state index < -0.39 is 0 Å². The Kier molecular flexibility index (Phi) is 6.85. The summed E-state index contributed by atoms with van der Waals surface area (Å²) in [6.45, 7) is 8.94. The minimum absolute atomic E-state index is 0.00682. The normalized spacial score (nSPS) is 14.5. The lowest BCUT2D eigenvalue weighted by molar-refractivity contribution is -0.115. The van der Waals surface area contributed by atoms with Crippen LogP contribution >= 0.6 is 0 Å². The van der Waals surface area contributed by atoms with Crippen molar-refractivity contribution >= 4 is 17.3 Å². The van der Waals surface area contributed by atoms with Crippen LogP contribution in [0.2, 0.25) is 0 Å². The first-order valence-electron chi connectivity index (χ1n) is 11.3. The molecular weight excluding hydrogens is 400 g/mol. The van der Waals surface area contributed by atoms with E-state index in [1.165, 1.54) is 5.56 Å². The van der Waals surface area contributed by atoms with Crippen molar-refractivity contribution in [3.63, 3.8) is 0 Å². The summed E-state index contributed by atoms with van der Waals surface area (Å²) in [6, 6.07) is 12.3. The summed E-state index contributed by atoms with van der Waals surface area (Å²) in [5, 5.41) is 7.56. The molecule has 0 radical (unpaired) electrons. The minimum atomic E-state index is -0.00682. The van der Waals surface area contributed by atoms with Crippen molar-refractivity contribution in [1.29, 1.82) is 0 Å². The number of hydrogen-bond acceptors (Lipinski definition) is 5. The zero-order valence-electron chi connectivity index (χ0n) is 19.2. The molecule has 0 saturated carbocycles. The van der Waals surface area contributed by atoms with E-state index in [9.17, 15) is 4.79 Å². The molecule has 0 spiro atoms. The van der Waals surface area contributed by atoms with Gasteiger partial charge in [-0.1, -0.05) is 12.1 Å². The van der Waals surface area contributed by atoms with E-state index in [-0.39, 0.29) is 5.91 Å². The van der Waals surface area contributed by atoms with Crippen LogP contribution in [0.3, 0.4) is 0 Å². The summed E-state index contributed by atoms with van der Waals surface area (Å²) >= 11 is 0. The number of piperazine rings is 1. The molecular formula is C25H32N6O. The van der Waals surface area contributed by atoms with Crippen molar-refractivity contribution in [2.75, 3.05) is 42.9 Å². The van der Waals surface area contributed by atoms with Gasteiger partial charge in [0.25, 0.3) is 0 Å². The highest BCUT2D eigenvalue weighted by Gasteiger charge is 2.20. The monoisotopic (exact) mass is 432 g/mol. The second-order valence-corrected chi connectivity index (χ2v) is 8.45. The molecule has 2 aromatic heterocycles. The topological polar surface area (TPSA) is 66.3 Å². The summed E-state index contributed by atoms with van der Waals surface area (Å²) in [5.41, 5.74) is 6.25. The van der Waals surface area contributed by atoms with Crippen LogP contribution in [0.4, 0.5) is 11.4 Å². The predicted molar refractivity (Wildman–Crippen MR) is 128 cm³/mol. The van der Waals surface area contributed by atoms with Crippen LogP contribution in [-0.2, 0) is 24.7 Å². The fourth-order valence-corrected chi connectivity index (χ4v) is 4.33. The Labute approximate surface area is 190 Å². The Morgan fingerprint density at radius 1 is 1.03 bits per heavy atom. The number of amides is 1. The van der Waals surface area contributed by atoms with Crippen LogP contribution in [0.5, 0.6) is 0 Å². The van der Waals surface area contributed by atoms with Gasteiger partial charge in [-0.2, -0.15) is 5.10 Å². The standard InChI is InChI=1S/C25H32N6O/c1-19-22(20(2)29(3)28-19)18-25(32)27-23-6-4-5-7-24(23)31-16-14-30(15-17-31)13-10-21-8-11-26-12-9-21/h4-9,11-12H,10,13-18H2,1-3H3,(H,27,32). The van der Waals surface area contributed by atoms with Gasteiger partial charge in [-0.3, -0.25) is 19.4 Å². The van der Waals surface area contributed by atoms with Crippen molar-refractivity contribution in [3.05, 3.63) is 71.3 Å². The Morgan fingerprint density at radius 3 is 2.44 bits per heavy atom. The fourth-order valence-electron chi connectivity index (χ4n) is 4.33. The first kappa shape index (κ1) is 22.0. The maximum absolute atomic E-state index is 12.8. The van der Waals surface area contributed by atoms with Crippen molar-refractivity contribution in [2.24, 2.45) is 7.05 Å². The molecule has 1 N–H and O–H groups in total. The Morgan fingerprint density at radius 2 is 1.75 bits per heavy atom. The smallest absolute Gasteiger partial charge is 0.228 e. The van der Waals surface area contributed by atoms with E-state index in [1.807, 2.05) is 56.2 Å². The lowest BCUT2D eigenvalue weighted by atomic mass is 10.1. The molecule has 32 heavy (non-hydrogen) atoms. The maximum atomic E-state index is 12.8. The Hall–Kier alpha value is -3.19. The van der Waals surface area contributed by atoms with E-state index in [1.54, 1.807) is 0 Å². The van der Waals surface area contributed by atoms with E-state index in [2.05, 4.69) is 43.4 Å². The molecule has 4 rings (SSSR count). The fraction of sp³-hybridized carbons (Fsp3) is 0.400. The number of para-hydroxylation sites is 2. The minimum Gasteiger partial charge on any atom is -0.367 e. The number of aryl methyl sites for hydroxylation is 2. The van der Waals surface area contributed by atoms with Gasteiger partial charge in [-0.05, 0) is 50.1 Å². The lowest BCUT2D eigenvalue weighted by Gasteiger charge is -2.37. The predicted octanol–water partition coefficient (Wildman–Crippen LogP) is 2.98. The molecule has 0 bridgehead atoms. The Bertz CT molecular complexity index is 1050. The molecule has 168 valence electrons. The lowest BCUT2D eigenvalue weighted by Crippen LogP contribution is -2.47. The third kappa shape index (κ3) is 5.16. The highest BCUT2D eigenvalue weighted by molar-refractivity contribution is 5.95. The number of benzene rings is 1. The number of nitrogens with one attached hydrogen (secondary N) is 1. The first-order chi connectivity index (χ1) is 15.5. The van der Waals surface area contributed by atoms with Crippen LogP contribution in [0.15, 0.2) is 48.8 Å². The van der Waals surface area contributed by atoms with Crippen molar-refractivity contribution in [1.82, 2.24) is 19.7 Å². The van der Waals surface area contributed by atoms with Crippen LogP contribution in [-0.4, -0.2) is 58.3 Å². The number of pyridine rings is 1. The van der Waals surface area contributed by atoms with Gasteiger partial charge in [0.15, 0.2) is 0 Å². The molecule has 1 amide bonds. The third-order valence-corrected chi connectivity index (χ3v) is 6.35. The molecule has 0 atom stereocenters. The second-order valence-electron chi connectivity index (χ2n) is 8.45. The molecule has 3 heterocycles. The van der Waals surface area contributed by atoms with Crippen LogP contribution < -0.4 is 10.2 Å². The van der Waals surface area contributed by atoms with Gasteiger partial charge in [0.1, 0.15) is 0 Å². The van der Waals surface area contributed by atoms with Crippen LogP contribution in [0.25, 0.3) is 0 Å². The van der Waals surface area contributed by atoms with Crippen molar-refractivity contribution < 1.29 is 4.79 Å². The molecule has 7 heteroatoms. The Balaban J connectivity index is 1.35. The average molecular weight is 433 g/mol. The number of nitrogens with zero attached hydrogens (tertiary/aromatic N) is 5. The van der Waals surface area contributed by atoms with E-state index in [0.29, 0.717) is 6.42 Å². The average Bonchev–Trinajstić information content (AvgIpc) is 3.05. The molecule has 0 aliphatic carbocycles. The number of carbonyl (C=O) groups is 1. The molecule has 0 unspecified atom stereocenters. The molecule has 7 nitrogen and oxygen atoms in total. The largest absolute Gasteiger partial charge is 0.367 e. The van der Waals surface area contributed by atoms with Gasteiger partial charge in [0, 0.05) is 63.4 Å². The van der Waals surface area contributed by atoms with E-state index in [4.69, 9.17) is 0 Å². The molecule has 3 aromatic rings. The van der Waals surface area contributed by atoms with Crippen molar-refractivity contribution in [2.45, 2.75) is 26.7 Å². The maximum Gasteiger partial charge on any atom is 0.228 e. The van der Waals surface area contributed by atoms with E-state index in [0.717, 1.165) is 67.5 Å². The summed E-state index contributed by atoms with van der Waals surface area (Å²) in [6.07, 6.45) is 5.09. The number of rotatable bonds is 7. The first-order valence-corrected chi connectivity index (χ1v) is 11.3. The number of anilines is 2. The molecule has 1 fully saturated rings. The van der Waals surface area contributed by atoms with Gasteiger partial charge in [-0.25, -0.2) is 0 Å². The quantitative estimate of drug-likeness (QED) is 0.622. The summed E-state index contributed by atoms with van der Waals surface area (Å²) < 4.78 is 1.83. The van der Waals surface area contributed by atoms with Gasteiger partial charge < -0.3 is 10.2 Å². The molecule has 1 aliphatic heterocycles. The highest BCUT2D eigenvalue weighted by atomic mass is 16.1. The zero-order valence-corrected chi connectivity index (χ0v) is 19.2. The summed E-state index contributed by atoms with van der Waals surface area (Å²) in [7, 11) is 1.91. The van der Waals surface area contributed by atoms with Crippen LogP contribution in [0, 0.1) is 13.8 Å². The molecule has 1 aromatic carbocycles. The number of aromatic nitrogens is 3. The van der Waals surface area contributed by atoms with E-state index >= 15 is 0 Å². The van der Waals surface area contributed by atoms with Gasteiger partial charge in [-0.15, -0.1) is 0 Å². The molecule has 1 aliphatic rings. The molecule has 1 saturated heterocycles. The van der Waals surface area contributed by atoms with Gasteiger partial charge >= 0.3 is 0 Å². The SMILES string of the molecule is Cc1nn(C)c(C)c1CC(=O)Nc1ccccc1N1CCN(CCc2ccncc2)CC1. The van der Waals surface area contributed by atoms with Crippen LogP contribution in [0.1, 0.15) is 22.5 Å². The number of carbonyl (C=O) groups excluding carboxylic acids is 1. The number of hydrogen-bond donors (Lipinski definition) is 1. The van der Waals surface area contributed by atoms with Gasteiger partial charge in [0.05, 0.1) is 23.5 Å². The van der Waals surface area contributed by atoms with Crippen molar-refractivity contribution in [3.8, 4) is 0 Å². The summed E-state index contributed by atoms with van der Waals surface area (Å²) in [5.74, 6) is -0.00682. The highest BCUT2D eigenvalue weighted by Crippen LogP contribution is 2.27. The second kappa shape index (κ2) is 9.96. The summed E-state index contributed by atoms with van der Waals surface area (Å²) in [4.78, 5) is 21.8. The third-order valence-electron chi connectivity index (χ3n) is 6.35. The zero-order chi connectivity index (χ0) is 22.5. The van der Waals surface area contributed by atoms with Gasteiger partial charge in [0.2, 0.25) is 5.91 Å².